The van der Waals surface area contributed by atoms with E-state index in [0.29, 0.717) is 24.5 Å². The quantitative estimate of drug-likeness (QED) is 0.704. The molecule has 0 bridgehead atoms. The Hall–Kier alpha value is -2.16. The van der Waals surface area contributed by atoms with E-state index < -0.39 is 6.10 Å². The molecule has 2 aliphatic heterocycles. The SMILES string of the molecule is COc1cc2sc(C3=NNC(=O)CC3C)cc2cc1OCC(O)CN1CCCCC1. The van der Waals surface area contributed by atoms with Gasteiger partial charge in [0.1, 0.15) is 12.7 Å². The molecule has 1 fully saturated rings. The van der Waals surface area contributed by atoms with Gasteiger partial charge in [-0.25, -0.2) is 5.43 Å². The predicted octanol–water partition coefficient (Wildman–Crippen LogP) is 3.00. The highest BCUT2D eigenvalue weighted by atomic mass is 32.1. The summed E-state index contributed by atoms with van der Waals surface area (Å²) in [6.45, 7) is 4.97. The van der Waals surface area contributed by atoms with Crippen LogP contribution in [0, 0.1) is 5.92 Å². The smallest absolute Gasteiger partial charge is 0.240 e. The van der Waals surface area contributed by atoms with Crippen molar-refractivity contribution in [2.75, 3.05) is 33.4 Å². The van der Waals surface area contributed by atoms with Crippen molar-refractivity contribution in [2.45, 2.75) is 38.7 Å². The molecule has 2 aromatic rings. The van der Waals surface area contributed by atoms with E-state index in [1.165, 1.54) is 19.3 Å². The van der Waals surface area contributed by atoms with Gasteiger partial charge in [-0.3, -0.25) is 4.79 Å². The number of rotatable bonds is 7. The molecule has 30 heavy (non-hydrogen) atoms. The lowest BCUT2D eigenvalue weighted by atomic mass is 9.99. The monoisotopic (exact) mass is 431 g/mol. The molecule has 0 saturated carbocycles. The molecule has 2 atom stereocenters. The first-order valence-electron chi connectivity index (χ1n) is 10.5. The number of aliphatic hydroxyl groups excluding tert-OH is 1. The molecule has 1 aromatic heterocycles. The van der Waals surface area contributed by atoms with Crippen LogP contribution in [0.25, 0.3) is 10.1 Å². The number of hydrazone groups is 1. The fraction of sp³-hybridized carbons (Fsp3) is 0.545. The van der Waals surface area contributed by atoms with Gasteiger partial charge in [0, 0.05) is 29.6 Å². The number of nitrogens with zero attached hydrogens (tertiary/aromatic N) is 2. The molecular formula is C22H29N3O4S. The average Bonchev–Trinajstić information content (AvgIpc) is 3.14. The highest BCUT2D eigenvalue weighted by Gasteiger charge is 2.24. The Balaban J connectivity index is 1.48. The van der Waals surface area contributed by atoms with E-state index in [4.69, 9.17) is 9.47 Å². The average molecular weight is 432 g/mol. The van der Waals surface area contributed by atoms with Gasteiger partial charge in [0.15, 0.2) is 11.5 Å². The van der Waals surface area contributed by atoms with Crippen LogP contribution in [0.15, 0.2) is 23.3 Å². The maximum Gasteiger partial charge on any atom is 0.240 e. The first kappa shape index (κ1) is 21.1. The van der Waals surface area contributed by atoms with Gasteiger partial charge < -0.3 is 19.5 Å². The summed E-state index contributed by atoms with van der Waals surface area (Å²) >= 11 is 1.62. The third-order valence-corrected chi connectivity index (χ3v) is 6.78. The molecule has 2 aliphatic rings. The Morgan fingerprint density at radius 2 is 2.07 bits per heavy atom. The molecule has 0 aliphatic carbocycles. The largest absolute Gasteiger partial charge is 0.493 e. The van der Waals surface area contributed by atoms with E-state index in [0.717, 1.165) is 33.8 Å². The number of likely N-dealkylation sites (tertiary alicyclic amines) is 1. The highest BCUT2D eigenvalue weighted by molar-refractivity contribution is 7.21. The highest BCUT2D eigenvalue weighted by Crippen LogP contribution is 2.37. The van der Waals surface area contributed by atoms with E-state index in [2.05, 4.69) is 21.5 Å². The number of carbonyl (C=O) groups excluding carboxylic acids is 1. The summed E-state index contributed by atoms with van der Waals surface area (Å²) in [6, 6.07) is 5.99. The van der Waals surface area contributed by atoms with Gasteiger partial charge in [0.05, 0.1) is 17.7 Å². The summed E-state index contributed by atoms with van der Waals surface area (Å²) in [7, 11) is 1.62. The van der Waals surface area contributed by atoms with Gasteiger partial charge in [0.2, 0.25) is 5.91 Å². The molecule has 1 aromatic carbocycles. The summed E-state index contributed by atoms with van der Waals surface area (Å²) in [5.41, 5.74) is 3.48. The summed E-state index contributed by atoms with van der Waals surface area (Å²) < 4.78 is 12.5. The van der Waals surface area contributed by atoms with Crippen molar-refractivity contribution in [3.05, 3.63) is 23.1 Å². The summed E-state index contributed by atoms with van der Waals surface area (Å²) in [6.07, 6.45) is 3.58. The molecule has 1 saturated heterocycles. The number of carbonyl (C=O) groups is 1. The number of fused-ring (bicyclic) bond motifs is 1. The number of hydrogen-bond donors (Lipinski definition) is 2. The van der Waals surface area contributed by atoms with Crippen molar-refractivity contribution in [1.29, 1.82) is 0 Å². The van der Waals surface area contributed by atoms with Crippen LogP contribution >= 0.6 is 11.3 Å². The summed E-state index contributed by atoms with van der Waals surface area (Å²) in [5.74, 6) is 1.30. The van der Waals surface area contributed by atoms with Gasteiger partial charge in [-0.15, -0.1) is 11.3 Å². The molecule has 4 rings (SSSR count). The maximum absolute atomic E-state index is 11.5. The number of aliphatic hydroxyl groups is 1. The Kier molecular flexibility index (Phi) is 6.55. The zero-order valence-corrected chi connectivity index (χ0v) is 18.3. The number of hydrogen-bond acceptors (Lipinski definition) is 7. The minimum absolute atomic E-state index is 0.0483. The fourth-order valence-electron chi connectivity index (χ4n) is 4.08. The van der Waals surface area contributed by atoms with Crippen molar-refractivity contribution in [3.63, 3.8) is 0 Å². The molecule has 0 spiro atoms. The topological polar surface area (TPSA) is 83.4 Å². The van der Waals surface area contributed by atoms with Crippen LogP contribution in [0.1, 0.15) is 37.5 Å². The number of β-amino-alcohol motifs (C(OH)–C–C–N with tert-alkyl or cyclic N) is 1. The maximum atomic E-state index is 11.5. The molecule has 7 nitrogen and oxygen atoms in total. The van der Waals surface area contributed by atoms with Crippen LogP contribution in [0.4, 0.5) is 0 Å². The van der Waals surface area contributed by atoms with Crippen LogP contribution in [-0.2, 0) is 4.79 Å². The Morgan fingerprint density at radius 3 is 2.80 bits per heavy atom. The van der Waals surface area contributed by atoms with Crippen molar-refractivity contribution in [2.24, 2.45) is 11.0 Å². The standard InChI is InChI=1S/C22H29N3O4S/c1-14-8-21(27)23-24-22(14)20-10-15-9-18(17(28-2)11-19(15)30-20)29-13-16(26)12-25-6-4-3-5-7-25/h9-11,14,16,26H,3-8,12-13H2,1-2H3,(H,23,27). The lowest BCUT2D eigenvalue weighted by Gasteiger charge is -2.28. The minimum Gasteiger partial charge on any atom is -0.493 e. The van der Waals surface area contributed by atoms with E-state index in [1.807, 2.05) is 19.1 Å². The van der Waals surface area contributed by atoms with Crippen molar-refractivity contribution < 1.29 is 19.4 Å². The Labute approximate surface area is 180 Å². The van der Waals surface area contributed by atoms with Gasteiger partial charge >= 0.3 is 0 Å². The molecule has 162 valence electrons. The van der Waals surface area contributed by atoms with Crippen LogP contribution in [-0.4, -0.2) is 61.1 Å². The van der Waals surface area contributed by atoms with E-state index in [9.17, 15) is 9.90 Å². The number of nitrogens with one attached hydrogen (secondary N) is 1. The van der Waals surface area contributed by atoms with Crippen molar-refractivity contribution >= 4 is 33.0 Å². The van der Waals surface area contributed by atoms with E-state index in [1.54, 1.807) is 18.4 Å². The number of benzene rings is 1. The third-order valence-electron chi connectivity index (χ3n) is 5.66. The van der Waals surface area contributed by atoms with Crippen LogP contribution in [0.2, 0.25) is 0 Å². The van der Waals surface area contributed by atoms with Gasteiger partial charge in [-0.1, -0.05) is 13.3 Å². The zero-order valence-electron chi connectivity index (χ0n) is 17.5. The molecule has 3 heterocycles. The number of methoxy groups -OCH3 is 1. The van der Waals surface area contributed by atoms with Gasteiger partial charge in [-0.05, 0) is 43.5 Å². The summed E-state index contributed by atoms with van der Waals surface area (Å²) in [5, 5.41) is 15.7. The third kappa shape index (κ3) is 4.77. The molecule has 2 unspecified atom stereocenters. The normalized spacial score (nSPS) is 21.2. The number of amides is 1. The molecular weight excluding hydrogens is 402 g/mol. The van der Waals surface area contributed by atoms with E-state index in [-0.39, 0.29) is 18.4 Å². The minimum atomic E-state index is -0.539. The second kappa shape index (κ2) is 9.32. The van der Waals surface area contributed by atoms with Gasteiger partial charge in [-0.2, -0.15) is 5.10 Å². The Bertz CT molecular complexity index is 936. The first-order chi connectivity index (χ1) is 14.5. The van der Waals surface area contributed by atoms with Crippen LogP contribution < -0.4 is 14.9 Å². The van der Waals surface area contributed by atoms with Gasteiger partial charge in [0.25, 0.3) is 0 Å². The zero-order chi connectivity index (χ0) is 21.1. The lowest BCUT2D eigenvalue weighted by Crippen LogP contribution is -2.38. The molecule has 8 heteroatoms. The van der Waals surface area contributed by atoms with Crippen LogP contribution in [0.3, 0.4) is 0 Å². The van der Waals surface area contributed by atoms with Crippen molar-refractivity contribution in [3.8, 4) is 11.5 Å². The second-order valence-electron chi connectivity index (χ2n) is 8.11. The number of ether oxygens (including phenoxy) is 2. The van der Waals surface area contributed by atoms with E-state index >= 15 is 0 Å². The van der Waals surface area contributed by atoms with Crippen LogP contribution in [0.5, 0.6) is 11.5 Å². The molecule has 2 N–H and O–H groups in total. The predicted molar refractivity (Wildman–Crippen MR) is 119 cm³/mol. The molecule has 1 amide bonds. The Morgan fingerprint density at radius 1 is 1.27 bits per heavy atom. The molecule has 0 radical (unpaired) electrons. The summed E-state index contributed by atoms with van der Waals surface area (Å²) in [4.78, 5) is 14.9. The first-order valence-corrected chi connectivity index (χ1v) is 11.4. The number of piperidine rings is 1. The number of thiophene rings is 1. The van der Waals surface area contributed by atoms with Crippen molar-refractivity contribution in [1.82, 2.24) is 10.3 Å². The lowest BCUT2D eigenvalue weighted by molar-refractivity contribution is -0.121. The fourth-order valence-corrected chi connectivity index (χ4v) is 5.25. The second-order valence-corrected chi connectivity index (χ2v) is 9.20.